The summed E-state index contributed by atoms with van der Waals surface area (Å²) in [6.07, 6.45) is 3.84. The number of halogens is 3. The minimum atomic E-state index is -4.36. The Morgan fingerprint density at radius 2 is 1.78 bits per heavy atom. The lowest BCUT2D eigenvalue weighted by atomic mass is 9.72. The summed E-state index contributed by atoms with van der Waals surface area (Å²) < 4.78 is 78.7. The lowest BCUT2D eigenvalue weighted by Gasteiger charge is -2.61. The average Bonchev–Trinajstić information content (AvgIpc) is 3.98. The summed E-state index contributed by atoms with van der Waals surface area (Å²) in [6, 6.07) is 14.6. The second-order valence-electron chi connectivity index (χ2n) is 17.7. The first-order chi connectivity index (χ1) is 31.2. The van der Waals surface area contributed by atoms with E-state index in [1.54, 1.807) is 19.4 Å². The lowest BCUT2D eigenvalue weighted by Crippen LogP contribution is -2.72. The first-order valence-corrected chi connectivity index (χ1v) is 23.0. The molecule has 0 saturated carbocycles. The highest BCUT2D eigenvalue weighted by atomic mass is 32.2. The summed E-state index contributed by atoms with van der Waals surface area (Å²) in [5, 5.41) is 2.67. The van der Waals surface area contributed by atoms with Crippen LogP contribution in [0.4, 0.5) is 24.5 Å². The number of aromatic amines is 1. The van der Waals surface area contributed by atoms with Crippen molar-refractivity contribution in [2.24, 2.45) is 5.41 Å². The number of ether oxygens (including phenoxy) is 1. The molecule has 0 aliphatic carbocycles. The topological polar surface area (TPSA) is 177 Å². The number of ketones is 1. The smallest absolute Gasteiger partial charge is 0.301 e. The van der Waals surface area contributed by atoms with Gasteiger partial charge >= 0.3 is 10.2 Å². The van der Waals surface area contributed by atoms with Crippen molar-refractivity contribution in [2.45, 2.75) is 50.9 Å². The molecule has 5 aromatic rings. The Hall–Kier alpha value is -6.31. The van der Waals surface area contributed by atoms with Gasteiger partial charge in [-0.15, -0.1) is 0 Å². The number of pyridine rings is 1. The predicted octanol–water partition coefficient (Wildman–Crippen LogP) is 4.96. The molecule has 7 heterocycles. The molecule has 10 rings (SSSR count). The van der Waals surface area contributed by atoms with Crippen molar-refractivity contribution >= 4 is 56.1 Å². The third-order valence-electron chi connectivity index (χ3n) is 13.3. The van der Waals surface area contributed by atoms with E-state index in [0.717, 1.165) is 84.4 Å². The monoisotopic (exact) mass is 910 g/mol. The highest BCUT2D eigenvalue weighted by molar-refractivity contribution is 7.90. The van der Waals surface area contributed by atoms with Gasteiger partial charge in [-0.3, -0.25) is 29.2 Å². The molecule has 3 amide bonds. The van der Waals surface area contributed by atoms with Crippen molar-refractivity contribution in [3.05, 3.63) is 106 Å². The first kappa shape index (κ1) is 42.6. The van der Waals surface area contributed by atoms with E-state index in [0.29, 0.717) is 40.9 Å². The third kappa shape index (κ3) is 7.78. The molecule has 65 heavy (non-hydrogen) atoms. The van der Waals surface area contributed by atoms with Gasteiger partial charge in [0.1, 0.15) is 29.4 Å². The van der Waals surface area contributed by atoms with Gasteiger partial charge in [-0.2, -0.15) is 12.7 Å². The molecule has 4 saturated heterocycles. The standard InChI is InChI=1S/C46H45F3N8O7S/c1-64-37-16-26(15-29-20-57(45(61)39(29)37)36-10-11-38(58)52-44(36)60)3-2-13-54-22-46(23-54)24-55(25-46)31-6-4-27(5-7-31)28-17-32-33(19-51-43(32)50-18-28)42(59)40-34(48)8-9-35(41(40)49)53-65(62,63)56-14-12-30(47)21-56/h4-9,15-19,30,36,53H,2-3,10-14,20-25H2,1H3,(H,50,51)(H,52,58,60)/t30-,36?/m1/s1. The quantitative estimate of drug-likeness (QED) is 0.108. The Kier molecular flexibility index (Phi) is 10.7. The number of amides is 3. The molecule has 1 spiro atoms. The van der Waals surface area contributed by atoms with Crippen molar-refractivity contribution < 1.29 is 45.5 Å². The Balaban J connectivity index is 0.736. The van der Waals surface area contributed by atoms with Gasteiger partial charge in [0.15, 0.2) is 5.82 Å². The molecule has 2 aromatic heterocycles. The van der Waals surface area contributed by atoms with Crippen LogP contribution in [0, 0.1) is 17.0 Å². The van der Waals surface area contributed by atoms with E-state index in [9.17, 15) is 32.0 Å². The molecule has 15 nitrogen and oxygen atoms in total. The summed E-state index contributed by atoms with van der Waals surface area (Å²) in [7, 11) is -2.82. The molecule has 5 aliphatic heterocycles. The van der Waals surface area contributed by atoms with Crippen LogP contribution in [0.5, 0.6) is 5.75 Å². The first-order valence-electron chi connectivity index (χ1n) is 21.5. The van der Waals surface area contributed by atoms with E-state index in [2.05, 4.69) is 25.1 Å². The van der Waals surface area contributed by atoms with Crippen LogP contribution in [0.15, 0.2) is 67.0 Å². The van der Waals surface area contributed by atoms with Gasteiger partial charge in [0.05, 0.1) is 23.9 Å². The molecule has 338 valence electrons. The summed E-state index contributed by atoms with van der Waals surface area (Å²) in [4.78, 5) is 64.9. The fourth-order valence-corrected chi connectivity index (χ4v) is 11.3. The number of anilines is 2. The second-order valence-corrected chi connectivity index (χ2v) is 19.4. The van der Waals surface area contributed by atoms with E-state index in [-0.39, 0.29) is 48.7 Å². The highest BCUT2D eigenvalue weighted by Crippen LogP contribution is 2.43. The van der Waals surface area contributed by atoms with Crippen molar-refractivity contribution in [3.63, 3.8) is 0 Å². The number of benzene rings is 3. The number of H-pyrrole nitrogens is 1. The van der Waals surface area contributed by atoms with Crippen LogP contribution in [0.3, 0.4) is 0 Å². The van der Waals surface area contributed by atoms with Gasteiger partial charge in [0.25, 0.3) is 5.91 Å². The largest absolute Gasteiger partial charge is 0.496 e. The number of likely N-dealkylation sites (tertiary alicyclic amines) is 1. The third-order valence-corrected chi connectivity index (χ3v) is 14.8. The Bertz CT molecular complexity index is 2900. The van der Waals surface area contributed by atoms with Crippen molar-refractivity contribution in [1.29, 1.82) is 0 Å². The summed E-state index contributed by atoms with van der Waals surface area (Å²) in [5.74, 6) is -4.08. The van der Waals surface area contributed by atoms with E-state index in [1.165, 1.54) is 11.1 Å². The van der Waals surface area contributed by atoms with Crippen molar-refractivity contribution in [1.82, 2.24) is 29.4 Å². The van der Waals surface area contributed by atoms with E-state index in [1.807, 2.05) is 41.1 Å². The number of nitrogens with one attached hydrogen (secondary N) is 3. The van der Waals surface area contributed by atoms with E-state index < -0.39 is 57.0 Å². The fourth-order valence-electron chi connectivity index (χ4n) is 10.0. The molecule has 1 unspecified atom stereocenters. The molecular weight excluding hydrogens is 866 g/mol. The fraction of sp³-hybridized carbons (Fsp3) is 0.370. The van der Waals surface area contributed by atoms with E-state index in [4.69, 9.17) is 4.74 Å². The number of carbonyl (C=O) groups excluding carboxylic acids is 4. The summed E-state index contributed by atoms with van der Waals surface area (Å²) >= 11 is 0. The molecule has 0 bridgehead atoms. The Morgan fingerprint density at radius 3 is 2.51 bits per heavy atom. The number of fused-ring (bicyclic) bond motifs is 2. The van der Waals surface area contributed by atoms with E-state index >= 15 is 8.78 Å². The van der Waals surface area contributed by atoms with Crippen LogP contribution >= 0.6 is 0 Å². The number of piperidine rings is 1. The number of aryl methyl sites for hydroxylation is 1. The maximum absolute atomic E-state index is 15.7. The molecule has 4 fully saturated rings. The second kappa shape index (κ2) is 16.3. The number of carbonyl (C=O) groups is 4. The minimum Gasteiger partial charge on any atom is -0.496 e. The van der Waals surface area contributed by atoms with Crippen molar-refractivity contribution in [3.8, 4) is 16.9 Å². The Morgan fingerprint density at radius 1 is 1.00 bits per heavy atom. The number of methoxy groups -OCH3 is 1. The number of rotatable bonds is 13. The maximum atomic E-state index is 15.7. The van der Waals surface area contributed by atoms with Gasteiger partial charge in [-0.1, -0.05) is 18.2 Å². The number of hydrogen-bond donors (Lipinski definition) is 3. The summed E-state index contributed by atoms with van der Waals surface area (Å²) in [6.45, 7) is 4.61. The van der Waals surface area contributed by atoms with Gasteiger partial charge < -0.3 is 24.4 Å². The zero-order chi connectivity index (χ0) is 45.4. The lowest BCUT2D eigenvalue weighted by molar-refractivity contribution is -0.136. The van der Waals surface area contributed by atoms with Gasteiger partial charge in [-0.25, -0.2) is 18.2 Å². The molecular formula is C46H45F3N8O7S. The average molecular weight is 911 g/mol. The maximum Gasteiger partial charge on any atom is 0.301 e. The predicted molar refractivity (Wildman–Crippen MR) is 233 cm³/mol. The van der Waals surface area contributed by atoms with Gasteiger partial charge in [0, 0.05) is 92.2 Å². The number of aromatic nitrogens is 2. The molecule has 5 aliphatic rings. The van der Waals surface area contributed by atoms with Crippen LogP contribution in [0.25, 0.3) is 22.2 Å². The van der Waals surface area contributed by atoms with Crippen LogP contribution in [-0.4, -0.2) is 121 Å². The minimum absolute atomic E-state index is 0.000894. The number of alkyl halides is 1. The van der Waals surface area contributed by atoms with Gasteiger partial charge in [0.2, 0.25) is 17.6 Å². The molecule has 3 aromatic carbocycles. The molecule has 0 radical (unpaired) electrons. The number of nitrogens with zero attached hydrogens (tertiary/aromatic N) is 5. The number of hydrogen-bond acceptors (Lipinski definition) is 10. The van der Waals surface area contributed by atoms with Crippen molar-refractivity contribution in [2.75, 3.05) is 62.5 Å². The summed E-state index contributed by atoms with van der Waals surface area (Å²) in [5.41, 5.74) is 3.88. The SMILES string of the molecule is COc1cc(CCCN2CC3(C2)CN(c2ccc(-c4cnc5[nH]cc(C(=O)c6c(F)ccc(NS(=O)(=O)N7CC[C@@H](F)C7)c6F)c5c4)cc2)C3)cc2c1C(=O)N(C1CCC(=O)NC1=O)C2. The Labute approximate surface area is 372 Å². The number of imide groups is 1. The molecule has 19 heteroatoms. The van der Waals surface area contributed by atoms with Crippen LogP contribution < -0.4 is 19.7 Å². The zero-order valence-corrected chi connectivity index (χ0v) is 36.2. The van der Waals surface area contributed by atoms with Gasteiger partial charge in [-0.05, 0) is 85.3 Å². The highest BCUT2D eigenvalue weighted by Gasteiger charge is 2.51. The normalized spacial score (nSPS) is 20.8. The van der Waals surface area contributed by atoms with Crippen LogP contribution in [0.1, 0.15) is 63.1 Å². The zero-order valence-electron chi connectivity index (χ0n) is 35.3. The molecule has 3 N–H and O–H groups in total. The van der Waals surface area contributed by atoms with Crippen LogP contribution in [0.2, 0.25) is 0 Å². The van der Waals surface area contributed by atoms with Crippen LogP contribution in [-0.2, 0) is 32.8 Å². The molecule has 2 atom stereocenters.